The van der Waals surface area contributed by atoms with Crippen LogP contribution in [0, 0.1) is 46.3 Å². The molecule has 0 N–H and O–H groups in total. The van der Waals surface area contributed by atoms with Crippen LogP contribution in [0.15, 0.2) is 11.3 Å². The van der Waals surface area contributed by atoms with Crippen molar-refractivity contribution < 1.29 is 23.8 Å². The minimum atomic E-state index is -0.107. The molecule has 1 aliphatic heterocycles. The fourth-order valence-electron chi connectivity index (χ4n) is 9.98. The molecule has 10 unspecified atom stereocenters. The van der Waals surface area contributed by atoms with Gasteiger partial charge in [0.25, 0.3) is 0 Å². The third-order valence-corrected chi connectivity index (χ3v) is 12.1. The highest BCUT2D eigenvalue weighted by atomic mass is 16.5. The predicted molar refractivity (Wildman–Crippen MR) is 148 cm³/mol. The van der Waals surface area contributed by atoms with Gasteiger partial charge in [-0.1, -0.05) is 34.6 Å². The van der Waals surface area contributed by atoms with Crippen LogP contribution in [-0.2, 0) is 23.8 Å². The van der Waals surface area contributed by atoms with E-state index in [9.17, 15) is 9.59 Å². The van der Waals surface area contributed by atoms with Crippen LogP contribution in [0.4, 0.5) is 0 Å². The number of fused-ring (bicyclic) bond motifs is 7. The molecule has 4 saturated carbocycles. The first-order chi connectivity index (χ1) is 18.1. The van der Waals surface area contributed by atoms with Crippen molar-refractivity contribution in [3.63, 3.8) is 0 Å². The molecule has 0 saturated heterocycles. The monoisotopic (exact) mass is 528 g/mol. The number of hydrogen-bond acceptors (Lipinski definition) is 5. The Balaban J connectivity index is 1.23. The normalized spacial score (nSPS) is 42.3. The van der Waals surface area contributed by atoms with Crippen LogP contribution in [0.1, 0.15) is 119 Å². The van der Waals surface area contributed by atoms with Crippen LogP contribution in [0.3, 0.4) is 0 Å². The zero-order valence-electron chi connectivity index (χ0n) is 24.9. The summed E-state index contributed by atoms with van der Waals surface area (Å²) in [5.41, 5.74) is 2.25. The lowest BCUT2D eigenvalue weighted by molar-refractivity contribution is -0.161. The number of hydrogen-bond donors (Lipinski definition) is 0. The maximum Gasteiger partial charge on any atom is 0.305 e. The molecule has 10 atom stereocenters. The Morgan fingerprint density at radius 2 is 1.71 bits per heavy atom. The summed E-state index contributed by atoms with van der Waals surface area (Å²) in [4.78, 5) is 23.5. The van der Waals surface area contributed by atoms with Gasteiger partial charge in [-0.15, -0.1) is 0 Å². The van der Waals surface area contributed by atoms with Gasteiger partial charge in [-0.25, -0.2) is 0 Å². The minimum Gasteiger partial charge on any atom is -0.494 e. The molecule has 0 bridgehead atoms. The fourth-order valence-corrected chi connectivity index (χ4v) is 9.98. The molecule has 0 spiro atoms. The summed E-state index contributed by atoms with van der Waals surface area (Å²) in [5.74, 6) is 5.07. The SMILES string of the molecule is CCC(=O)OCC(C)CCC1=C(C)C2C(CC3C4CCC5CC(OC(=O)CC)CCC5(C)C4CCC32C)O1. The molecule has 0 aromatic rings. The highest BCUT2D eigenvalue weighted by Gasteiger charge is 2.64. The van der Waals surface area contributed by atoms with Gasteiger partial charge in [-0.05, 0) is 111 Å². The van der Waals surface area contributed by atoms with Crippen molar-refractivity contribution >= 4 is 11.9 Å². The number of carbonyl (C=O) groups excluding carboxylic acids is 2. The Hall–Kier alpha value is -1.52. The van der Waals surface area contributed by atoms with Crippen LogP contribution >= 0.6 is 0 Å². The first-order valence-corrected chi connectivity index (χ1v) is 15.8. The molecule has 1 heterocycles. The Bertz CT molecular complexity index is 940. The van der Waals surface area contributed by atoms with Crippen molar-refractivity contribution in [3.8, 4) is 0 Å². The van der Waals surface area contributed by atoms with Gasteiger partial charge in [0.2, 0.25) is 0 Å². The predicted octanol–water partition coefficient (Wildman–Crippen LogP) is 7.62. The van der Waals surface area contributed by atoms with Gasteiger partial charge in [0.15, 0.2) is 0 Å². The van der Waals surface area contributed by atoms with E-state index in [-0.39, 0.29) is 18.0 Å². The smallest absolute Gasteiger partial charge is 0.305 e. The van der Waals surface area contributed by atoms with E-state index >= 15 is 0 Å². The third kappa shape index (κ3) is 4.83. The molecule has 5 rings (SSSR count). The van der Waals surface area contributed by atoms with E-state index in [1.54, 1.807) is 0 Å². The summed E-state index contributed by atoms with van der Waals surface area (Å²) < 4.78 is 17.9. The highest BCUT2D eigenvalue weighted by Crippen LogP contribution is 2.69. The Labute approximate surface area is 230 Å². The fraction of sp³-hybridized carbons (Fsp3) is 0.879. The van der Waals surface area contributed by atoms with Gasteiger partial charge in [0.05, 0.1) is 12.4 Å². The van der Waals surface area contributed by atoms with E-state index in [1.165, 1.54) is 49.9 Å². The molecule has 4 fully saturated rings. The number of esters is 2. The van der Waals surface area contributed by atoms with Gasteiger partial charge in [0.1, 0.15) is 12.2 Å². The van der Waals surface area contributed by atoms with Crippen LogP contribution in [0.2, 0.25) is 0 Å². The molecule has 214 valence electrons. The molecule has 38 heavy (non-hydrogen) atoms. The average molecular weight is 529 g/mol. The minimum absolute atomic E-state index is 0.0320. The standard InChI is InChI=1S/C33H52O5/c1-7-29(34)36-19-20(3)9-12-27-21(4)31-28(38-27)18-26-24-11-10-22-17-23(37-30(35)8-2)13-15-32(22,5)25(24)14-16-33(26,31)6/h20,22-26,28,31H,7-19H2,1-6H3. The second kappa shape index (κ2) is 10.8. The summed E-state index contributed by atoms with van der Waals surface area (Å²) in [6, 6.07) is 0. The Kier molecular flexibility index (Phi) is 7.97. The average Bonchev–Trinajstić information content (AvgIpc) is 3.38. The van der Waals surface area contributed by atoms with Crippen molar-refractivity contribution in [1.29, 1.82) is 0 Å². The van der Waals surface area contributed by atoms with Gasteiger partial charge in [-0.3, -0.25) is 9.59 Å². The van der Waals surface area contributed by atoms with Crippen molar-refractivity contribution in [1.82, 2.24) is 0 Å². The second-order valence-electron chi connectivity index (χ2n) is 14.1. The molecule has 0 radical (unpaired) electrons. The van der Waals surface area contributed by atoms with Crippen LogP contribution in [0.25, 0.3) is 0 Å². The van der Waals surface area contributed by atoms with Gasteiger partial charge < -0.3 is 14.2 Å². The second-order valence-corrected chi connectivity index (χ2v) is 14.1. The van der Waals surface area contributed by atoms with Crippen LogP contribution in [0.5, 0.6) is 0 Å². The van der Waals surface area contributed by atoms with Crippen molar-refractivity contribution in [3.05, 3.63) is 11.3 Å². The van der Waals surface area contributed by atoms with Crippen LogP contribution < -0.4 is 0 Å². The number of allylic oxidation sites excluding steroid dienone is 1. The lowest BCUT2D eigenvalue weighted by Crippen LogP contribution is -2.54. The van der Waals surface area contributed by atoms with E-state index in [1.807, 2.05) is 13.8 Å². The third-order valence-electron chi connectivity index (χ3n) is 12.1. The summed E-state index contributed by atoms with van der Waals surface area (Å²) in [6.45, 7) is 13.9. The summed E-state index contributed by atoms with van der Waals surface area (Å²) in [6.07, 6.45) is 13.2. The molecule has 5 nitrogen and oxygen atoms in total. The first-order valence-electron chi connectivity index (χ1n) is 15.8. The van der Waals surface area contributed by atoms with E-state index < -0.39 is 0 Å². The van der Waals surface area contributed by atoms with Crippen molar-refractivity contribution in [2.75, 3.05) is 6.61 Å². The maximum absolute atomic E-state index is 11.9. The van der Waals surface area contributed by atoms with Crippen molar-refractivity contribution in [2.45, 2.75) is 131 Å². The van der Waals surface area contributed by atoms with Gasteiger partial charge >= 0.3 is 11.9 Å². The van der Waals surface area contributed by atoms with Crippen molar-refractivity contribution in [2.24, 2.45) is 46.3 Å². The van der Waals surface area contributed by atoms with Crippen LogP contribution in [-0.4, -0.2) is 30.8 Å². The maximum atomic E-state index is 11.9. The molecule has 5 aliphatic rings. The molecule has 4 aliphatic carbocycles. The molecule has 0 aromatic heterocycles. The topological polar surface area (TPSA) is 61.8 Å². The highest BCUT2D eigenvalue weighted by molar-refractivity contribution is 5.69. The number of carbonyl (C=O) groups is 2. The molecular formula is C33H52O5. The Morgan fingerprint density at radius 1 is 0.974 bits per heavy atom. The van der Waals surface area contributed by atoms with Gasteiger partial charge in [-0.2, -0.15) is 0 Å². The lowest BCUT2D eigenvalue weighted by atomic mass is 9.44. The quantitative estimate of drug-likeness (QED) is 0.303. The molecule has 0 amide bonds. The molecule has 0 aromatic carbocycles. The summed E-state index contributed by atoms with van der Waals surface area (Å²) in [5, 5.41) is 0. The van der Waals surface area contributed by atoms with E-state index in [4.69, 9.17) is 14.2 Å². The number of ether oxygens (including phenoxy) is 3. The van der Waals surface area contributed by atoms with Gasteiger partial charge in [0, 0.05) is 25.2 Å². The molecular weight excluding hydrogens is 476 g/mol. The zero-order valence-corrected chi connectivity index (χ0v) is 24.9. The van der Waals surface area contributed by atoms with E-state index in [0.29, 0.717) is 54.1 Å². The summed E-state index contributed by atoms with van der Waals surface area (Å²) in [7, 11) is 0. The zero-order chi connectivity index (χ0) is 27.2. The largest absolute Gasteiger partial charge is 0.494 e. The summed E-state index contributed by atoms with van der Waals surface area (Å²) >= 11 is 0. The van der Waals surface area contributed by atoms with E-state index in [2.05, 4.69) is 27.7 Å². The lowest BCUT2D eigenvalue weighted by Gasteiger charge is -2.61. The van der Waals surface area contributed by atoms with E-state index in [0.717, 1.165) is 43.4 Å². The Morgan fingerprint density at radius 3 is 2.45 bits per heavy atom. The number of rotatable bonds is 8. The molecule has 5 heteroatoms. The first kappa shape index (κ1) is 28.0.